The summed E-state index contributed by atoms with van der Waals surface area (Å²) in [7, 11) is 3.02. The molecule has 0 aromatic heterocycles. The number of halogens is 1. The smallest absolute Gasteiger partial charge is 0.229 e. The third-order valence-corrected chi connectivity index (χ3v) is 2.62. The van der Waals surface area contributed by atoms with E-state index in [2.05, 4.69) is 5.32 Å². The van der Waals surface area contributed by atoms with E-state index >= 15 is 0 Å². The van der Waals surface area contributed by atoms with Crippen LogP contribution in [-0.4, -0.2) is 20.1 Å². The summed E-state index contributed by atoms with van der Waals surface area (Å²) in [4.78, 5) is 11.7. The van der Waals surface area contributed by atoms with E-state index in [1.54, 1.807) is 27.0 Å². The number of carbonyl (C=O) groups is 1. The maximum Gasteiger partial charge on any atom is 0.229 e. The van der Waals surface area contributed by atoms with Crippen molar-refractivity contribution in [3.8, 4) is 5.75 Å². The van der Waals surface area contributed by atoms with Crippen LogP contribution < -0.4 is 10.1 Å². The largest absolute Gasteiger partial charge is 0.497 e. The van der Waals surface area contributed by atoms with Crippen molar-refractivity contribution in [3.63, 3.8) is 0 Å². The van der Waals surface area contributed by atoms with Crippen LogP contribution >= 0.6 is 0 Å². The van der Waals surface area contributed by atoms with Crippen LogP contribution in [0.2, 0.25) is 0 Å². The topological polar surface area (TPSA) is 38.3 Å². The van der Waals surface area contributed by atoms with Gasteiger partial charge in [-0.3, -0.25) is 4.79 Å². The Morgan fingerprint density at radius 2 is 2.00 bits per heavy atom. The van der Waals surface area contributed by atoms with Gasteiger partial charge in [0.05, 0.1) is 12.5 Å². The third-order valence-electron chi connectivity index (χ3n) is 2.62. The summed E-state index contributed by atoms with van der Waals surface area (Å²) in [5.41, 5.74) is -0.201. The number of methoxy groups -OCH3 is 1. The van der Waals surface area contributed by atoms with Gasteiger partial charge in [0, 0.05) is 13.1 Å². The number of benzene rings is 1. The SMILES string of the molecule is CNC(=O)C(C)(C)c1cc(F)cc(OC)c1. The molecule has 0 aliphatic heterocycles. The van der Waals surface area contributed by atoms with E-state index in [1.165, 1.54) is 19.2 Å². The summed E-state index contributed by atoms with van der Waals surface area (Å²) in [5.74, 6) is -0.168. The van der Waals surface area contributed by atoms with Crippen LogP contribution in [0, 0.1) is 5.82 Å². The van der Waals surface area contributed by atoms with Gasteiger partial charge < -0.3 is 10.1 Å². The number of rotatable bonds is 3. The Morgan fingerprint density at radius 1 is 1.38 bits per heavy atom. The Morgan fingerprint density at radius 3 is 2.50 bits per heavy atom. The summed E-state index contributed by atoms with van der Waals surface area (Å²) in [6.07, 6.45) is 0. The third kappa shape index (κ3) is 2.32. The van der Waals surface area contributed by atoms with Crippen molar-refractivity contribution in [2.45, 2.75) is 19.3 Å². The molecule has 0 spiro atoms. The van der Waals surface area contributed by atoms with Gasteiger partial charge in [-0.15, -0.1) is 0 Å². The number of hydrogen-bond acceptors (Lipinski definition) is 2. The molecule has 0 saturated carbocycles. The van der Waals surface area contributed by atoms with E-state index in [4.69, 9.17) is 4.74 Å². The van der Waals surface area contributed by atoms with Crippen molar-refractivity contribution in [1.82, 2.24) is 5.32 Å². The number of ether oxygens (including phenoxy) is 1. The fourth-order valence-corrected chi connectivity index (χ4v) is 1.49. The molecular weight excluding hydrogens is 209 g/mol. The van der Waals surface area contributed by atoms with Crippen LogP contribution in [0.3, 0.4) is 0 Å². The molecule has 1 N–H and O–H groups in total. The standard InChI is InChI=1S/C12H16FNO2/c1-12(2,11(15)14-3)8-5-9(13)7-10(6-8)16-4/h5-7H,1-4H3,(H,14,15). The zero-order valence-corrected chi connectivity index (χ0v) is 9.93. The van der Waals surface area contributed by atoms with Crippen LogP contribution in [-0.2, 0) is 10.2 Å². The average Bonchev–Trinajstić information content (AvgIpc) is 2.26. The van der Waals surface area contributed by atoms with Gasteiger partial charge in [-0.05, 0) is 31.5 Å². The average molecular weight is 225 g/mol. The van der Waals surface area contributed by atoms with Gasteiger partial charge in [-0.25, -0.2) is 4.39 Å². The molecule has 0 unspecified atom stereocenters. The summed E-state index contributed by atoms with van der Waals surface area (Å²) in [6, 6.07) is 4.29. The first-order valence-electron chi connectivity index (χ1n) is 4.99. The van der Waals surface area contributed by atoms with Crippen LogP contribution in [0.4, 0.5) is 4.39 Å². The van der Waals surface area contributed by atoms with Crippen molar-refractivity contribution in [2.24, 2.45) is 0 Å². The summed E-state index contributed by atoms with van der Waals surface area (Å²) in [5, 5.41) is 2.56. The summed E-state index contributed by atoms with van der Waals surface area (Å²) in [6.45, 7) is 3.47. The highest BCUT2D eigenvalue weighted by Gasteiger charge is 2.29. The quantitative estimate of drug-likeness (QED) is 0.852. The van der Waals surface area contributed by atoms with Gasteiger partial charge in [0.1, 0.15) is 11.6 Å². The second-order valence-electron chi connectivity index (χ2n) is 4.08. The van der Waals surface area contributed by atoms with Crippen molar-refractivity contribution in [2.75, 3.05) is 14.2 Å². The molecule has 16 heavy (non-hydrogen) atoms. The minimum Gasteiger partial charge on any atom is -0.497 e. The number of nitrogens with one attached hydrogen (secondary N) is 1. The van der Waals surface area contributed by atoms with Crippen LogP contribution in [0.25, 0.3) is 0 Å². The first kappa shape index (κ1) is 12.5. The molecule has 1 rings (SSSR count). The fraction of sp³-hybridized carbons (Fsp3) is 0.417. The lowest BCUT2D eigenvalue weighted by Gasteiger charge is -2.23. The van der Waals surface area contributed by atoms with E-state index in [9.17, 15) is 9.18 Å². The number of hydrogen-bond donors (Lipinski definition) is 1. The van der Waals surface area contributed by atoms with Gasteiger partial charge in [0.25, 0.3) is 0 Å². The Hall–Kier alpha value is -1.58. The lowest BCUT2D eigenvalue weighted by molar-refractivity contribution is -0.125. The molecule has 0 bridgehead atoms. The molecule has 1 aromatic rings. The molecule has 0 aliphatic rings. The minimum atomic E-state index is -0.788. The maximum atomic E-state index is 13.3. The van der Waals surface area contributed by atoms with Crippen LogP contribution in [0.5, 0.6) is 5.75 Å². The van der Waals surface area contributed by atoms with Crippen molar-refractivity contribution in [3.05, 3.63) is 29.6 Å². The molecule has 4 heteroatoms. The predicted molar refractivity (Wildman–Crippen MR) is 60.0 cm³/mol. The zero-order chi connectivity index (χ0) is 12.3. The Balaban J connectivity index is 3.21. The van der Waals surface area contributed by atoms with Crippen LogP contribution in [0.1, 0.15) is 19.4 Å². The summed E-state index contributed by atoms with van der Waals surface area (Å²) < 4.78 is 18.3. The highest BCUT2D eigenvalue weighted by atomic mass is 19.1. The molecule has 0 atom stereocenters. The van der Waals surface area contributed by atoms with Gasteiger partial charge in [0.2, 0.25) is 5.91 Å². The zero-order valence-electron chi connectivity index (χ0n) is 9.93. The normalized spacial score (nSPS) is 11.1. The maximum absolute atomic E-state index is 13.3. The predicted octanol–water partition coefficient (Wildman–Crippen LogP) is 1.86. The van der Waals surface area contributed by atoms with Gasteiger partial charge in [0.15, 0.2) is 0 Å². The first-order chi connectivity index (χ1) is 7.41. The monoisotopic (exact) mass is 225 g/mol. The van der Waals surface area contributed by atoms with E-state index in [0.29, 0.717) is 11.3 Å². The number of amides is 1. The molecule has 88 valence electrons. The van der Waals surface area contributed by atoms with E-state index in [0.717, 1.165) is 0 Å². The van der Waals surface area contributed by atoms with Gasteiger partial charge in [-0.2, -0.15) is 0 Å². The second-order valence-corrected chi connectivity index (χ2v) is 4.08. The van der Waals surface area contributed by atoms with Crippen molar-refractivity contribution < 1.29 is 13.9 Å². The molecule has 0 heterocycles. The lowest BCUT2D eigenvalue weighted by Crippen LogP contribution is -2.38. The van der Waals surface area contributed by atoms with E-state index < -0.39 is 11.2 Å². The van der Waals surface area contributed by atoms with Gasteiger partial charge >= 0.3 is 0 Å². The fourth-order valence-electron chi connectivity index (χ4n) is 1.49. The molecule has 0 radical (unpaired) electrons. The van der Waals surface area contributed by atoms with Crippen molar-refractivity contribution >= 4 is 5.91 Å². The van der Waals surface area contributed by atoms with E-state index in [1.807, 2.05) is 0 Å². The molecule has 0 aliphatic carbocycles. The molecule has 0 saturated heterocycles. The van der Waals surface area contributed by atoms with Crippen molar-refractivity contribution in [1.29, 1.82) is 0 Å². The lowest BCUT2D eigenvalue weighted by atomic mass is 9.83. The Bertz CT molecular complexity index is 402. The molecule has 1 aromatic carbocycles. The van der Waals surface area contributed by atoms with Crippen LogP contribution in [0.15, 0.2) is 18.2 Å². The number of carbonyl (C=O) groups excluding carboxylic acids is 1. The minimum absolute atomic E-state index is 0.167. The van der Waals surface area contributed by atoms with E-state index in [-0.39, 0.29) is 5.91 Å². The highest BCUT2D eigenvalue weighted by Crippen LogP contribution is 2.27. The molecule has 1 amide bonds. The second kappa shape index (κ2) is 4.51. The first-order valence-corrected chi connectivity index (χ1v) is 4.99. The Kier molecular flexibility index (Phi) is 3.52. The molecule has 3 nitrogen and oxygen atoms in total. The van der Waals surface area contributed by atoms with Gasteiger partial charge in [-0.1, -0.05) is 0 Å². The molecule has 0 fully saturated rings. The molecular formula is C12H16FNO2. The number of likely N-dealkylation sites (N-methyl/N-ethyl adjacent to an activating group) is 1. The Labute approximate surface area is 94.6 Å². The highest BCUT2D eigenvalue weighted by molar-refractivity contribution is 5.87. The summed E-state index contributed by atoms with van der Waals surface area (Å²) >= 11 is 0.